The number of nitrogens with one attached hydrogen (secondary N) is 2. The fraction of sp³-hybridized carbons (Fsp3) is 0.471. The molecule has 0 aliphatic carbocycles. The normalized spacial score (nSPS) is 16.6. The van der Waals surface area contributed by atoms with Gasteiger partial charge in [-0.1, -0.05) is 19.9 Å². The first-order chi connectivity index (χ1) is 11.4. The van der Waals surface area contributed by atoms with Gasteiger partial charge in [0, 0.05) is 36.6 Å². The minimum Gasteiger partial charge on any atom is -0.329 e. The van der Waals surface area contributed by atoms with Crippen molar-refractivity contribution in [3.8, 4) is 0 Å². The number of hydrogen-bond acceptors (Lipinski definition) is 4. The number of hydrogen-bond donors (Lipinski definition) is 2. The molecule has 0 saturated carbocycles. The van der Waals surface area contributed by atoms with Crippen LogP contribution in [-0.4, -0.2) is 43.9 Å². The third kappa shape index (κ3) is 3.74. The van der Waals surface area contributed by atoms with Gasteiger partial charge in [0.25, 0.3) is 5.56 Å². The quantitative estimate of drug-likeness (QED) is 0.847. The second-order valence-corrected chi connectivity index (χ2v) is 8.29. The summed E-state index contributed by atoms with van der Waals surface area (Å²) in [6, 6.07) is 5.17. The monoisotopic (exact) mass is 385 g/mol. The van der Waals surface area contributed by atoms with E-state index in [1.54, 1.807) is 18.2 Å². The summed E-state index contributed by atoms with van der Waals surface area (Å²) in [7, 11) is -3.66. The number of halogens is 1. The molecule has 3 rings (SSSR count). The summed E-state index contributed by atoms with van der Waals surface area (Å²) < 4.78 is 28.3. The van der Waals surface area contributed by atoms with E-state index in [1.165, 1.54) is 10.5 Å². The molecule has 1 aromatic carbocycles. The third-order valence-corrected chi connectivity index (χ3v) is 6.47. The molecule has 0 unspecified atom stereocenters. The Morgan fingerprint density at radius 2 is 1.84 bits per heavy atom. The molecule has 0 bridgehead atoms. The Labute approximate surface area is 154 Å². The fourth-order valence-corrected chi connectivity index (χ4v) is 5.21. The van der Waals surface area contributed by atoms with E-state index in [0.717, 1.165) is 18.5 Å². The SMILES string of the molecule is CC(C)c1ccc2c(=O)[nH]ccc2c1S(=O)(=O)N1CCCNCC1.Cl. The first-order valence-corrected chi connectivity index (χ1v) is 9.72. The molecule has 8 heteroatoms. The van der Waals surface area contributed by atoms with Gasteiger partial charge in [-0.3, -0.25) is 4.79 Å². The number of fused-ring (bicyclic) bond motifs is 1. The molecular formula is C17H24ClN3O3S. The van der Waals surface area contributed by atoms with Crippen molar-refractivity contribution in [1.29, 1.82) is 0 Å². The van der Waals surface area contributed by atoms with Crippen molar-refractivity contribution in [2.75, 3.05) is 26.2 Å². The number of aromatic nitrogens is 1. The predicted molar refractivity (Wildman–Crippen MR) is 102 cm³/mol. The molecule has 2 aromatic rings. The number of sulfonamides is 1. The van der Waals surface area contributed by atoms with E-state index in [4.69, 9.17) is 0 Å². The van der Waals surface area contributed by atoms with Gasteiger partial charge < -0.3 is 10.3 Å². The van der Waals surface area contributed by atoms with E-state index < -0.39 is 10.0 Å². The average Bonchev–Trinajstić information content (AvgIpc) is 2.83. The van der Waals surface area contributed by atoms with Gasteiger partial charge in [0.15, 0.2) is 0 Å². The zero-order valence-electron chi connectivity index (χ0n) is 14.4. The van der Waals surface area contributed by atoms with Gasteiger partial charge in [0.2, 0.25) is 10.0 Å². The molecule has 0 radical (unpaired) electrons. The lowest BCUT2D eigenvalue weighted by Crippen LogP contribution is -2.35. The van der Waals surface area contributed by atoms with Gasteiger partial charge in [-0.25, -0.2) is 8.42 Å². The first-order valence-electron chi connectivity index (χ1n) is 8.28. The van der Waals surface area contributed by atoms with Crippen molar-refractivity contribution in [3.05, 3.63) is 40.3 Å². The topological polar surface area (TPSA) is 82.3 Å². The Morgan fingerprint density at radius 3 is 2.56 bits per heavy atom. The van der Waals surface area contributed by atoms with Crippen molar-refractivity contribution in [2.45, 2.75) is 31.1 Å². The summed E-state index contributed by atoms with van der Waals surface area (Å²) in [6.07, 6.45) is 2.29. The highest BCUT2D eigenvalue weighted by Crippen LogP contribution is 2.32. The Balaban J connectivity index is 0.00000225. The summed E-state index contributed by atoms with van der Waals surface area (Å²) >= 11 is 0. The molecule has 0 spiro atoms. The maximum Gasteiger partial charge on any atom is 0.255 e. The standard InChI is InChI=1S/C17H23N3O3S.ClH/c1-12(2)13-4-5-15-14(6-8-19-17(15)21)16(13)24(22,23)20-10-3-7-18-9-11-20;/h4-6,8,12,18H,3,7,9-11H2,1-2H3,(H,19,21);1H. The van der Waals surface area contributed by atoms with Gasteiger partial charge >= 0.3 is 0 Å². The smallest absolute Gasteiger partial charge is 0.255 e. The second kappa shape index (κ2) is 7.86. The minimum atomic E-state index is -3.66. The van der Waals surface area contributed by atoms with Crippen molar-refractivity contribution < 1.29 is 8.42 Å². The van der Waals surface area contributed by atoms with Gasteiger partial charge in [-0.2, -0.15) is 4.31 Å². The van der Waals surface area contributed by atoms with Crippen LogP contribution in [0.4, 0.5) is 0 Å². The molecule has 1 aliphatic rings. The van der Waals surface area contributed by atoms with Crippen LogP contribution in [0.25, 0.3) is 10.8 Å². The van der Waals surface area contributed by atoms with Gasteiger partial charge in [-0.15, -0.1) is 12.4 Å². The van der Waals surface area contributed by atoms with Gasteiger partial charge in [0.05, 0.1) is 4.90 Å². The van der Waals surface area contributed by atoms with Gasteiger partial charge in [-0.05, 0) is 36.6 Å². The van der Waals surface area contributed by atoms with E-state index in [-0.39, 0.29) is 28.8 Å². The van der Waals surface area contributed by atoms with Crippen molar-refractivity contribution in [1.82, 2.24) is 14.6 Å². The Morgan fingerprint density at radius 1 is 1.08 bits per heavy atom. The molecule has 25 heavy (non-hydrogen) atoms. The number of H-pyrrole nitrogens is 1. The Bertz CT molecular complexity index is 901. The van der Waals surface area contributed by atoms with Crippen molar-refractivity contribution in [2.24, 2.45) is 0 Å². The van der Waals surface area contributed by atoms with E-state index >= 15 is 0 Å². The molecule has 2 N–H and O–H groups in total. The highest BCUT2D eigenvalue weighted by Gasteiger charge is 2.30. The molecule has 0 amide bonds. The minimum absolute atomic E-state index is 0. The maximum absolute atomic E-state index is 13.4. The molecule has 1 aromatic heterocycles. The van der Waals surface area contributed by atoms with E-state index in [0.29, 0.717) is 30.4 Å². The van der Waals surface area contributed by atoms with Crippen LogP contribution in [0, 0.1) is 0 Å². The lowest BCUT2D eigenvalue weighted by atomic mass is 10.00. The van der Waals surface area contributed by atoms with Crippen LogP contribution in [0.1, 0.15) is 31.7 Å². The number of benzene rings is 1. The molecule has 2 heterocycles. The summed E-state index contributed by atoms with van der Waals surface area (Å²) in [5.74, 6) is 0.0450. The van der Waals surface area contributed by atoms with Gasteiger partial charge in [0.1, 0.15) is 0 Å². The van der Waals surface area contributed by atoms with Crippen LogP contribution < -0.4 is 10.9 Å². The summed E-state index contributed by atoms with van der Waals surface area (Å²) in [6.45, 7) is 6.33. The van der Waals surface area contributed by atoms with E-state index in [2.05, 4.69) is 10.3 Å². The molecule has 1 saturated heterocycles. The molecule has 138 valence electrons. The molecular weight excluding hydrogens is 362 g/mol. The Hall–Kier alpha value is -1.41. The molecule has 6 nitrogen and oxygen atoms in total. The lowest BCUT2D eigenvalue weighted by Gasteiger charge is -2.23. The lowest BCUT2D eigenvalue weighted by molar-refractivity contribution is 0.431. The maximum atomic E-state index is 13.4. The predicted octanol–water partition coefficient (Wildman–Crippen LogP) is 2.06. The fourth-order valence-electron chi connectivity index (χ4n) is 3.19. The second-order valence-electron chi connectivity index (χ2n) is 6.41. The zero-order chi connectivity index (χ0) is 17.3. The van der Waals surface area contributed by atoms with Crippen molar-refractivity contribution >= 4 is 33.2 Å². The van der Waals surface area contributed by atoms with Crippen LogP contribution >= 0.6 is 12.4 Å². The van der Waals surface area contributed by atoms with Crippen LogP contribution in [0.5, 0.6) is 0 Å². The molecule has 0 atom stereocenters. The summed E-state index contributed by atoms with van der Waals surface area (Å²) in [5.41, 5.74) is 0.488. The van der Waals surface area contributed by atoms with E-state index in [1.807, 2.05) is 13.8 Å². The third-order valence-electron chi connectivity index (χ3n) is 4.45. The molecule has 1 aliphatic heterocycles. The molecule has 1 fully saturated rings. The average molecular weight is 386 g/mol. The number of pyridine rings is 1. The zero-order valence-corrected chi connectivity index (χ0v) is 16.0. The highest BCUT2D eigenvalue weighted by atomic mass is 35.5. The van der Waals surface area contributed by atoms with Crippen LogP contribution in [0.15, 0.2) is 34.1 Å². The highest BCUT2D eigenvalue weighted by molar-refractivity contribution is 7.89. The first kappa shape index (κ1) is 19.9. The number of rotatable bonds is 3. The van der Waals surface area contributed by atoms with Crippen LogP contribution in [0.2, 0.25) is 0 Å². The van der Waals surface area contributed by atoms with Crippen molar-refractivity contribution in [3.63, 3.8) is 0 Å². The number of nitrogens with zero attached hydrogens (tertiary/aromatic N) is 1. The van der Waals surface area contributed by atoms with Crippen LogP contribution in [-0.2, 0) is 10.0 Å². The Kier molecular flexibility index (Phi) is 6.26. The summed E-state index contributed by atoms with van der Waals surface area (Å²) in [4.78, 5) is 15.0. The van der Waals surface area contributed by atoms with E-state index in [9.17, 15) is 13.2 Å². The largest absolute Gasteiger partial charge is 0.329 e. The van der Waals surface area contributed by atoms with Crippen LogP contribution in [0.3, 0.4) is 0 Å². The number of aromatic amines is 1. The summed E-state index contributed by atoms with van der Waals surface area (Å²) in [5, 5.41) is 4.14.